The first-order chi connectivity index (χ1) is 5.11. The number of rotatable bonds is 1. The van der Waals surface area contributed by atoms with Gasteiger partial charge in [0.15, 0.2) is 11.2 Å². The first-order valence-corrected chi connectivity index (χ1v) is 3.58. The molecule has 58 valence electrons. The molecule has 5 heteroatoms. The minimum absolute atomic E-state index is 0.0440. The second-order valence-corrected chi connectivity index (χ2v) is 2.80. The molecule has 0 fully saturated rings. The maximum absolute atomic E-state index is 10.9. The average molecular weight is 189 g/mol. The van der Waals surface area contributed by atoms with E-state index in [1.54, 1.807) is 0 Å². The van der Waals surface area contributed by atoms with E-state index in [1.165, 1.54) is 18.3 Å². The smallest absolute Gasteiger partial charge is 0.252 e. The third-order valence-electron chi connectivity index (χ3n) is 1.13. The Morgan fingerprint density at radius 2 is 2.36 bits per heavy atom. The summed E-state index contributed by atoms with van der Waals surface area (Å²) in [7, 11) is 0. The lowest BCUT2D eigenvalue weighted by atomic mass is 10.3. The maximum atomic E-state index is 10.9. The number of thiocarbonyl (C=S) groups is 1. The van der Waals surface area contributed by atoms with Gasteiger partial charge in [0.25, 0.3) is 5.69 Å². The van der Waals surface area contributed by atoms with Gasteiger partial charge in [-0.05, 0) is 0 Å². The molecule has 0 aliphatic rings. The predicted octanol–water partition coefficient (Wildman–Crippen LogP) is 0.608. The van der Waals surface area contributed by atoms with Crippen LogP contribution in [0.25, 0.3) is 0 Å². The van der Waals surface area contributed by atoms with E-state index in [0.717, 1.165) is 0 Å². The molecule has 2 N–H and O–H groups in total. The van der Waals surface area contributed by atoms with E-state index >= 15 is 0 Å². The Morgan fingerprint density at radius 3 is 2.82 bits per heavy atom. The third kappa shape index (κ3) is 1.78. The summed E-state index contributed by atoms with van der Waals surface area (Å²) in [6.07, 6.45) is 1.26. The van der Waals surface area contributed by atoms with Gasteiger partial charge in [-0.25, -0.2) is 0 Å². The van der Waals surface area contributed by atoms with Gasteiger partial charge >= 0.3 is 0 Å². The molecule has 3 nitrogen and oxygen atoms in total. The molecular formula is C6H5ClN2OS. The summed E-state index contributed by atoms with van der Waals surface area (Å²) < 4.78 is 0.578. The summed E-state index contributed by atoms with van der Waals surface area (Å²) in [6, 6.07) is 2.90. The zero-order chi connectivity index (χ0) is 8.43. The van der Waals surface area contributed by atoms with E-state index in [2.05, 4.69) is 12.2 Å². The first-order valence-electron chi connectivity index (χ1n) is 2.80. The summed E-state index contributed by atoms with van der Waals surface area (Å²) in [6.45, 7) is 0. The second kappa shape index (κ2) is 3.02. The molecule has 0 aliphatic heterocycles. The van der Waals surface area contributed by atoms with Crippen LogP contribution in [0.1, 0.15) is 5.69 Å². The number of aromatic nitrogens is 1. The van der Waals surface area contributed by atoms with Crippen molar-refractivity contribution in [2.45, 2.75) is 0 Å². The van der Waals surface area contributed by atoms with Gasteiger partial charge in [-0.1, -0.05) is 23.8 Å². The number of hydrogen-bond acceptors (Lipinski definition) is 2. The molecule has 1 heterocycles. The maximum Gasteiger partial charge on any atom is 0.252 e. The van der Waals surface area contributed by atoms with Gasteiger partial charge in [0, 0.05) is 12.1 Å². The molecule has 1 aromatic rings. The second-order valence-electron chi connectivity index (χ2n) is 1.92. The van der Waals surface area contributed by atoms with Gasteiger partial charge in [0.05, 0.1) is 5.02 Å². The fourth-order valence-corrected chi connectivity index (χ4v) is 0.950. The molecule has 1 rings (SSSR count). The highest BCUT2D eigenvalue weighted by molar-refractivity contribution is 7.80. The fourth-order valence-electron chi connectivity index (χ4n) is 0.641. The Morgan fingerprint density at radius 1 is 1.73 bits per heavy atom. The van der Waals surface area contributed by atoms with Crippen LogP contribution >= 0.6 is 23.8 Å². The molecular weight excluding hydrogens is 184 g/mol. The molecule has 11 heavy (non-hydrogen) atoms. The summed E-state index contributed by atoms with van der Waals surface area (Å²) >= 11 is 10.2. The van der Waals surface area contributed by atoms with Crippen LogP contribution in [0.4, 0.5) is 0 Å². The quantitative estimate of drug-likeness (QED) is 0.399. The number of nitrogens with two attached hydrogens (primary N) is 1. The summed E-state index contributed by atoms with van der Waals surface area (Å²) in [5.41, 5.74) is 5.45. The lowest BCUT2D eigenvalue weighted by Gasteiger charge is -2.01. The summed E-state index contributed by atoms with van der Waals surface area (Å²) in [4.78, 5) is 0.0440. The normalized spacial score (nSPS) is 9.55. The number of halogens is 1. The number of nitrogens with zero attached hydrogens (tertiary/aromatic N) is 1. The molecule has 0 bridgehead atoms. The Hall–Kier alpha value is -0.870. The van der Waals surface area contributed by atoms with Crippen molar-refractivity contribution in [2.75, 3.05) is 0 Å². The van der Waals surface area contributed by atoms with Crippen molar-refractivity contribution in [1.29, 1.82) is 0 Å². The van der Waals surface area contributed by atoms with Gasteiger partial charge in [0.2, 0.25) is 0 Å². The lowest BCUT2D eigenvalue weighted by Crippen LogP contribution is -2.36. The predicted molar refractivity (Wildman–Crippen MR) is 46.3 cm³/mol. The SMILES string of the molecule is NC(=S)c1cc(Cl)cc[n+]1[O-]. The zero-order valence-corrected chi connectivity index (χ0v) is 7.02. The average Bonchev–Trinajstić information content (AvgIpc) is 1.94. The summed E-state index contributed by atoms with van der Waals surface area (Å²) in [5.74, 6) is 0. The van der Waals surface area contributed by atoms with Crippen molar-refractivity contribution < 1.29 is 4.73 Å². The molecule has 0 saturated heterocycles. The molecule has 0 spiro atoms. The van der Waals surface area contributed by atoms with Gasteiger partial charge in [0.1, 0.15) is 0 Å². The highest BCUT2D eigenvalue weighted by Crippen LogP contribution is 2.06. The van der Waals surface area contributed by atoms with Gasteiger partial charge < -0.3 is 10.9 Å². The van der Waals surface area contributed by atoms with Crippen molar-refractivity contribution in [3.63, 3.8) is 0 Å². The molecule has 0 aliphatic carbocycles. The Bertz CT molecular complexity index is 303. The molecule has 0 atom stereocenters. The van der Waals surface area contributed by atoms with Gasteiger partial charge in [-0.3, -0.25) is 0 Å². The van der Waals surface area contributed by atoms with Crippen molar-refractivity contribution in [2.24, 2.45) is 5.73 Å². The first kappa shape index (κ1) is 8.23. The van der Waals surface area contributed by atoms with Crippen LogP contribution in [0.3, 0.4) is 0 Å². The molecule has 0 saturated carbocycles. The Kier molecular flexibility index (Phi) is 2.26. The summed E-state index contributed by atoms with van der Waals surface area (Å²) in [5, 5.41) is 11.3. The van der Waals surface area contributed by atoms with Crippen LogP contribution in [0.15, 0.2) is 18.3 Å². The largest absolute Gasteiger partial charge is 0.618 e. The van der Waals surface area contributed by atoms with Crippen molar-refractivity contribution >= 4 is 28.8 Å². The Labute approximate surface area is 74.0 Å². The topological polar surface area (TPSA) is 53.0 Å². The Balaban J connectivity index is 3.23. The minimum atomic E-state index is 0.0440. The van der Waals surface area contributed by atoms with E-state index in [-0.39, 0.29) is 10.7 Å². The molecule has 0 radical (unpaired) electrons. The van der Waals surface area contributed by atoms with E-state index < -0.39 is 0 Å². The van der Waals surface area contributed by atoms with Crippen molar-refractivity contribution in [1.82, 2.24) is 0 Å². The van der Waals surface area contributed by atoms with Crippen LogP contribution in [0, 0.1) is 5.21 Å². The number of hydrogen-bond donors (Lipinski definition) is 1. The minimum Gasteiger partial charge on any atom is -0.618 e. The molecule has 0 aromatic carbocycles. The highest BCUT2D eigenvalue weighted by atomic mass is 35.5. The zero-order valence-electron chi connectivity index (χ0n) is 5.45. The van der Waals surface area contributed by atoms with Crippen LogP contribution in [-0.2, 0) is 0 Å². The highest BCUT2D eigenvalue weighted by Gasteiger charge is 2.07. The van der Waals surface area contributed by atoms with Crippen molar-refractivity contribution in [3.05, 3.63) is 34.3 Å². The third-order valence-corrected chi connectivity index (χ3v) is 1.58. The molecule has 0 unspecified atom stereocenters. The molecule has 1 aromatic heterocycles. The van der Waals surface area contributed by atoms with Gasteiger partial charge in [-0.2, -0.15) is 4.73 Å². The van der Waals surface area contributed by atoms with E-state index in [1.807, 2.05) is 0 Å². The molecule has 0 amide bonds. The van der Waals surface area contributed by atoms with Gasteiger partial charge in [-0.15, -0.1) is 0 Å². The lowest BCUT2D eigenvalue weighted by molar-refractivity contribution is -0.606. The van der Waals surface area contributed by atoms with Crippen LogP contribution < -0.4 is 10.5 Å². The monoisotopic (exact) mass is 188 g/mol. The van der Waals surface area contributed by atoms with Crippen LogP contribution in [-0.4, -0.2) is 4.99 Å². The number of pyridine rings is 1. The van der Waals surface area contributed by atoms with E-state index in [9.17, 15) is 5.21 Å². The van der Waals surface area contributed by atoms with E-state index in [4.69, 9.17) is 17.3 Å². The fraction of sp³-hybridized carbons (Fsp3) is 0. The standard InChI is InChI=1S/C6H5ClN2OS/c7-4-1-2-9(10)5(3-4)6(8)11/h1-3H,(H2,8,11). The van der Waals surface area contributed by atoms with Crippen LogP contribution in [0.2, 0.25) is 5.02 Å². The van der Waals surface area contributed by atoms with E-state index in [0.29, 0.717) is 9.75 Å². The van der Waals surface area contributed by atoms with Crippen molar-refractivity contribution in [3.8, 4) is 0 Å². The van der Waals surface area contributed by atoms with Crippen LogP contribution in [0.5, 0.6) is 0 Å².